The Morgan fingerprint density at radius 2 is 2.06 bits per heavy atom. The van der Waals surface area contributed by atoms with E-state index in [1.807, 2.05) is 19.0 Å². The van der Waals surface area contributed by atoms with Gasteiger partial charge in [-0.25, -0.2) is 0 Å². The van der Waals surface area contributed by atoms with E-state index in [1.54, 1.807) is 0 Å². The second-order valence-corrected chi connectivity index (χ2v) is 4.62. The summed E-state index contributed by atoms with van der Waals surface area (Å²) >= 11 is 0. The van der Waals surface area contributed by atoms with E-state index in [4.69, 9.17) is 5.11 Å². The Kier molecular flexibility index (Phi) is 5.08. The second kappa shape index (κ2) is 6.34. The molecule has 1 heterocycles. The number of rotatable bonds is 6. The highest BCUT2D eigenvalue weighted by Crippen LogP contribution is 2.09. The molecule has 1 fully saturated rings. The van der Waals surface area contributed by atoms with E-state index in [-0.39, 0.29) is 18.4 Å². The molecule has 1 aliphatic heterocycles. The average molecular weight is 257 g/mol. The van der Waals surface area contributed by atoms with Crippen LogP contribution in [-0.2, 0) is 14.4 Å². The summed E-state index contributed by atoms with van der Waals surface area (Å²) in [7, 11) is 3.70. The summed E-state index contributed by atoms with van der Waals surface area (Å²) in [5.41, 5.74) is 0. The third-order valence-electron chi connectivity index (χ3n) is 2.75. The van der Waals surface area contributed by atoms with E-state index in [0.717, 1.165) is 0 Å². The number of hydrogen-bond acceptors (Lipinski definition) is 4. The predicted molar refractivity (Wildman–Crippen MR) is 63.9 cm³/mol. The van der Waals surface area contributed by atoms with Gasteiger partial charge in [0.2, 0.25) is 11.8 Å². The van der Waals surface area contributed by atoms with Crippen molar-refractivity contribution >= 4 is 17.8 Å². The van der Waals surface area contributed by atoms with Crippen molar-refractivity contribution in [3.8, 4) is 0 Å². The van der Waals surface area contributed by atoms with Gasteiger partial charge in [-0.15, -0.1) is 0 Å². The van der Waals surface area contributed by atoms with Crippen LogP contribution in [0.3, 0.4) is 0 Å². The van der Waals surface area contributed by atoms with Gasteiger partial charge >= 0.3 is 5.97 Å². The van der Waals surface area contributed by atoms with Gasteiger partial charge in [0, 0.05) is 19.5 Å². The van der Waals surface area contributed by atoms with Crippen molar-refractivity contribution in [1.82, 2.24) is 15.1 Å². The van der Waals surface area contributed by atoms with Crippen LogP contribution in [0.1, 0.15) is 12.8 Å². The van der Waals surface area contributed by atoms with Gasteiger partial charge < -0.3 is 20.2 Å². The quantitative estimate of drug-likeness (QED) is 0.620. The van der Waals surface area contributed by atoms with E-state index >= 15 is 0 Å². The van der Waals surface area contributed by atoms with Crippen molar-refractivity contribution < 1.29 is 19.5 Å². The molecular weight excluding hydrogens is 238 g/mol. The van der Waals surface area contributed by atoms with Gasteiger partial charge in [0.1, 0.15) is 12.6 Å². The highest BCUT2D eigenvalue weighted by Gasteiger charge is 2.31. The van der Waals surface area contributed by atoms with Gasteiger partial charge in [-0.3, -0.25) is 14.4 Å². The SMILES string of the molecule is CN(C)CCN(CC(=O)O)C(=O)C1CCC(=O)N1. The highest BCUT2D eigenvalue weighted by atomic mass is 16.4. The number of carboxylic acids is 1. The molecule has 7 heteroatoms. The predicted octanol–water partition coefficient (Wildman–Crippen LogP) is -1.26. The van der Waals surface area contributed by atoms with Gasteiger partial charge in [-0.05, 0) is 20.5 Å². The minimum absolute atomic E-state index is 0.156. The minimum Gasteiger partial charge on any atom is -0.480 e. The fraction of sp³-hybridized carbons (Fsp3) is 0.727. The number of hydrogen-bond donors (Lipinski definition) is 2. The average Bonchev–Trinajstić information content (AvgIpc) is 2.69. The number of aliphatic carboxylic acids is 1. The summed E-state index contributed by atoms with van der Waals surface area (Å²) in [4.78, 5) is 37.0. The molecule has 0 saturated carbocycles. The fourth-order valence-electron chi connectivity index (χ4n) is 1.77. The third-order valence-corrected chi connectivity index (χ3v) is 2.75. The molecule has 18 heavy (non-hydrogen) atoms. The molecule has 2 N–H and O–H groups in total. The number of nitrogens with one attached hydrogen (secondary N) is 1. The van der Waals surface area contributed by atoms with Gasteiger partial charge in [0.15, 0.2) is 0 Å². The van der Waals surface area contributed by atoms with Gasteiger partial charge in [-0.2, -0.15) is 0 Å². The van der Waals surface area contributed by atoms with Crippen LogP contribution in [-0.4, -0.2) is 72.5 Å². The number of nitrogens with zero attached hydrogens (tertiary/aromatic N) is 2. The molecule has 102 valence electrons. The molecule has 0 aromatic rings. The van der Waals surface area contributed by atoms with Crippen molar-refractivity contribution in [3.05, 3.63) is 0 Å². The maximum Gasteiger partial charge on any atom is 0.323 e. The monoisotopic (exact) mass is 257 g/mol. The summed E-state index contributed by atoms with van der Waals surface area (Å²) in [6.45, 7) is 0.587. The maximum absolute atomic E-state index is 12.1. The number of likely N-dealkylation sites (N-methyl/N-ethyl adjacent to an activating group) is 1. The molecule has 7 nitrogen and oxygen atoms in total. The lowest BCUT2D eigenvalue weighted by Gasteiger charge is -2.25. The summed E-state index contributed by atoms with van der Waals surface area (Å²) < 4.78 is 0. The molecule has 0 aliphatic carbocycles. The fourth-order valence-corrected chi connectivity index (χ4v) is 1.77. The second-order valence-electron chi connectivity index (χ2n) is 4.62. The first-order chi connectivity index (χ1) is 8.40. The summed E-state index contributed by atoms with van der Waals surface area (Å²) in [6, 6.07) is -0.570. The Morgan fingerprint density at radius 1 is 1.39 bits per heavy atom. The molecule has 0 bridgehead atoms. The standard InChI is InChI=1S/C11H19N3O4/c1-13(2)5-6-14(7-10(16)17)11(18)8-3-4-9(15)12-8/h8H,3-7H2,1-2H3,(H,12,15)(H,16,17). The van der Waals surface area contributed by atoms with E-state index in [0.29, 0.717) is 25.9 Å². The van der Waals surface area contributed by atoms with Crippen LogP contribution in [0.5, 0.6) is 0 Å². The largest absolute Gasteiger partial charge is 0.480 e. The van der Waals surface area contributed by atoms with Crippen molar-refractivity contribution in [1.29, 1.82) is 0 Å². The van der Waals surface area contributed by atoms with E-state index in [1.165, 1.54) is 4.90 Å². The van der Waals surface area contributed by atoms with E-state index < -0.39 is 12.0 Å². The van der Waals surface area contributed by atoms with Gasteiger partial charge in [0.25, 0.3) is 0 Å². The van der Waals surface area contributed by atoms with Crippen molar-refractivity contribution in [3.63, 3.8) is 0 Å². The van der Waals surface area contributed by atoms with Crippen LogP contribution in [0, 0.1) is 0 Å². The molecule has 2 amide bonds. The molecule has 1 rings (SSSR count). The number of carbonyl (C=O) groups excluding carboxylic acids is 2. The Morgan fingerprint density at radius 3 is 2.50 bits per heavy atom. The summed E-state index contributed by atoms with van der Waals surface area (Å²) in [6.07, 6.45) is 0.765. The zero-order chi connectivity index (χ0) is 13.7. The van der Waals surface area contributed by atoms with Gasteiger partial charge in [-0.1, -0.05) is 0 Å². The lowest BCUT2D eigenvalue weighted by Crippen LogP contribution is -2.48. The molecule has 0 spiro atoms. The zero-order valence-electron chi connectivity index (χ0n) is 10.7. The van der Waals surface area contributed by atoms with Crippen LogP contribution in [0.4, 0.5) is 0 Å². The first-order valence-corrected chi connectivity index (χ1v) is 5.85. The molecular formula is C11H19N3O4. The molecule has 0 aromatic carbocycles. The number of carbonyl (C=O) groups is 3. The van der Waals surface area contributed by atoms with Crippen LogP contribution >= 0.6 is 0 Å². The van der Waals surface area contributed by atoms with Crippen molar-refractivity contribution in [2.45, 2.75) is 18.9 Å². The minimum atomic E-state index is -1.05. The lowest BCUT2D eigenvalue weighted by atomic mass is 10.2. The van der Waals surface area contributed by atoms with Crippen molar-refractivity contribution in [2.24, 2.45) is 0 Å². The van der Waals surface area contributed by atoms with Crippen LogP contribution in [0.2, 0.25) is 0 Å². The Balaban J connectivity index is 2.60. The topological polar surface area (TPSA) is 90.0 Å². The van der Waals surface area contributed by atoms with Crippen LogP contribution in [0.25, 0.3) is 0 Å². The summed E-state index contributed by atoms with van der Waals surface area (Å²) in [5.74, 6) is -1.52. The lowest BCUT2D eigenvalue weighted by molar-refractivity contribution is -0.145. The van der Waals surface area contributed by atoms with E-state index in [2.05, 4.69) is 5.32 Å². The smallest absolute Gasteiger partial charge is 0.323 e. The van der Waals surface area contributed by atoms with Crippen molar-refractivity contribution in [2.75, 3.05) is 33.7 Å². The Bertz CT molecular complexity index is 343. The normalized spacial score (nSPS) is 18.8. The van der Waals surface area contributed by atoms with Gasteiger partial charge in [0.05, 0.1) is 0 Å². The van der Waals surface area contributed by atoms with Crippen LogP contribution < -0.4 is 5.32 Å². The highest BCUT2D eigenvalue weighted by molar-refractivity contribution is 5.92. The number of carboxylic acid groups (broad SMARTS) is 1. The Hall–Kier alpha value is -1.63. The molecule has 1 unspecified atom stereocenters. The third kappa shape index (κ3) is 4.33. The molecule has 1 aliphatic rings. The molecule has 1 saturated heterocycles. The van der Waals surface area contributed by atoms with E-state index in [9.17, 15) is 14.4 Å². The van der Waals surface area contributed by atoms with Crippen LogP contribution in [0.15, 0.2) is 0 Å². The first-order valence-electron chi connectivity index (χ1n) is 5.85. The molecule has 0 radical (unpaired) electrons. The number of amides is 2. The summed E-state index contributed by atoms with van der Waals surface area (Å²) in [5, 5.41) is 11.4. The molecule has 1 atom stereocenters. The first kappa shape index (κ1) is 14.4. The molecule has 0 aromatic heterocycles. The maximum atomic E-state index is 12.1. The Labute approximate surface area is 106 Å². The zero-order valence-corrected chi connectivity index (χ0v) is 10.7.